The fourth-order valence-electron chi connectivity index (χ4n) is 4.23. The zero-order chi connectivity index (χ0) is 26.2. The molecule has 0 amide bonds. The van der Waals surface area contributed by atoms with Crippen LogP contribution < -0.4 is 22.2 Å². The fraction of sp³-hybridized carbons (Fsp3) is 0.375. The van der Waals surface area contributed by atoms with E-state index in [0.717, 1.165) is 32.0 Å². The van der Waals surface area contributed by atoms with E-state index in [0.29, 0.717) is 5.92 Å². The molecule has 1 saturated heterocycles. The molecule has 1 aliphatic rings. The third kappa shape index (κ3) is 9.67. The molecule has 0 bridgehead atoms. The van der Waals surface area contributed by atoms with Crippen molar-refractivity contribution < 1.29 is 31.9 Å². The molecule has 4 nitrogen and oxygen atoms in total. The van der Waals surface area contributed by atoms with Crippen LogP contribution in [0.4, 0.5) is 11.4 Å². The first-order chi connectivity index (χ1) is 17.1. The van der Waals surface area contributed by atoms with Crippen molar-refractivity contribution in [3.05, 3.63) is 107 Å². The van der Waals surface area contributed by atoms with Crippen LogP contribution in [0.1, 0.15) is 42.0 Å². The summed E-state index contributed by atoms with van der Waals surface area (Å²) < 4.78 is 0. The van der Waals surface area contributed by atoms with Crippen LogP contribution in [-0.2, 0) is 32.6 Å². The number of halogens is 1. The number of hydrogen-bond donors (Lipinski definition) is 0. The molecule has 38 heavy (non-hydrogen) atoms. The smallest absolute Gasteiger partial charge is 1.00 e. The van der Waals surface area contributed by atoms with Gasteiger partial charge in [-0.15, -0.1) is 0 Å². The molecule has 0 atom stereocenters. The second kappa shape index (κ2) is 15.8. The van der Waals surface area contributed by atoms with Crippen LogP contribution in [0.5, 0.6) is 0 Å². The summed E-state index contributed by atoms with van der Waals surface area (Å²) >= 11 is 0. The van der Waals surface area contributed by atoms with Crippen LogP contribution in [0.15, 0.2) is 85.2 Å². The van der Waals surface area contributed by atoms with E-state index < -0.39 is 0 Å². The number of anilines is 2. The maximum absolute atomic E-state index is 4.34. The topological polar surface area (TPSA) is 13.0 Å². The van der Waals surface area contributed by atoms with Gasteiger partial charge in [0, 0.05) is 65.7 Å². The van der Waals surface area contributed by atoms with Gasteiger partial charge in [-0.05, 0) is 53.8 Å². The van der Waals surface area contributed by atoms with Crippen LogP contribution in [0.2, 0.25) is 0 Å². The Morgan fingerprint density at radius 1 is 0.684 bits per heavy atom. The van der Waals surface area contributed by atoms with E-state index in [9.17, 15) is 0 Å². The van der Waals surface area contributed by atoms with Crippen molar-refractivity contribution in [1.29, 1.82) is 0 Å². The van der Waals surface area contributed by atoms with E-state index in [1.165, 1.54) is 33.6 Å². The Bertz CT molecular complexity index is 1030. The van der Waals surface area contributed by atoms with Gasteiger partial charge in [0.2, 0.25) is 0 Å². The minimum Gasteiger partial charge on any atom is -1.00 e. The minimum atomic E-state index is 0. The van der Waals surface area contributed by atoms with Gasteiger partial charge in [0.25, 0.3) is 0 Å². The molecule has 0 saturated carbocycles. The quantitative estimate of drug-likeness (QED) is 0.374. The van der Waals surface area contributed by atoms with Gasteiger partial charge in [-0.25, -0.2) is 0 Å². The third-order valence-corrected chi connectivity index (χ3v) is 6.77. The summed E-state index contributed by atoms with van der Waals surface area (Å²) in [5.74, 6) is 1.78. The first-order valence-electron chi connectivity index (χ1n) is 12.9. The fourth-order valence-corrected chi connectivity index (χ4v) is 4.23. The monoisotopic (exact) mass is 621 g/mol. The molecule has 3 aromatic rings. The largest absolute Gasteiger partial charge is 2.00 e. The standard InChI is InChI=1S/C22H30N4.C10H14.ClH.Ru/c1-18-25(16-19-6-10-21(11-7-19)23(2)3)14-15-26(18)17-20-8-12-22(13-9-20)24(4)5;1-8(2)10-6-4-9(3)5-7-10;;/h6-13H,1,14-17H2,2-5H3;4-8H,1-3H3;1H;/q;;;+2/p-1. The number of rotatable bonds is 7. The Morgan fingerprint density at radius 3 is 1.37 bits per heavy atom. The second-order valence-corrected chi connectivity index (χ2v) is 10.4. The molecule has 1 aliphatic heterocycles. The van der Waals surface area contributed by atoms with Gasteiger partial charge in [0.05, 0.1) is 5.82 Å². The molecule has 0 aliphatic carbocycles. The number of aryl methyl sites for hydroxylation is 1. The van der Waals surface area contributed by atoms with Crippen molar-refractivity contribution >= 4 is 11.4 Å². The molecular formula is C32H44ClN4Ru+. The zero-order valence-electron chi connectivity index (χ0n) is 24.1. The molecule has 6 heteroatoms. The molecular weight excluding hydrogens is 577 g/mol. The first-order valence-corrected chi connectivity index (χ1v) is 12.9. The molecule has 0 unspecified atom stereocenters. The van der Waals surface area contributed by atoms with Crippen LogP contribution in [0.3, 0.4) is 0 Å². The molecule has 0 aromatic heterocycles. The molecule has 206 valence electrons. The summed E-state index contributed by atoms with van der Waals surface area (Å²) in [5.41, 5.74) is 7.88. The zero-order valence-corrected chi connectivity index (χ0v) is 26.6. The Hall–Kier alpha value is -2.49. The van der Waals surface area contributed by atoms with E-state index in [2.05, 4.69) is 148 Å². The summed E-state index contributed by atoms with van der Waals surface area (Å²) in [6.45, 7) is 14.8. The minimum absolute atomic E-state index is 0. The van der Waals surface area contributed by atoms with Gasteiger partial charge >= 0.3 is 19.5 Å². The summed E-state index contributed by atoms with van der Waals surface area (Å²) in [5, 5.41) is 0. The predicted octanol–water partition coefficient (Wildman–Crippen LogP) is 3.73. The maximum Gasteiger partial charge on any atom is 2.00 e. The second-order valence-electron chi connectivity index (χ2n) is 10.4. The Balaban J connectivity index is 0.000000511. The molecule has 4 rings (SSSR count). The first kappa shape index (κ1) is 33.5. The Labute approximate surface area is 250 Å². The third-order valence-electron chi connectivity index (χ3n) is 6.77. The SMILES string of the molecule is C=C1N(Cc2ccc(N(C)C)cc2)CCN1Cc1ccc(N(C)C)cc1.Cc1ccc(C(C)C)cc1.[Cl-].[Ru+2]. The van der Waals surface area contributed by atoms with Crippen LogP contribution >= 0.6 is 0 Å². The van der Waals surface area contributed by atoms with Gasteiger partial charge in [0.1, 0.15) is 0 Å². The summed E-state index contributed by atoms with van der Waals surface area (Å²) in [6.07, 6.45) is 0. The number of benzene rings is 3. The van der Waals surface area contributed by atoms with Gasteiger partial charge in [0.15, 0.2) is 0 Å². The van der Waals surface area contributed by atoms with E-state index in [1.54, 1.807) is 0 Å². The number of nitrogens with zero attached hydrogens (tertiary/aromatic N) is 4. The van der Waals surface area contributed by atoms with Gasteiger partial charge in [-0.2, -0.15) is 0 Å². The van der Waals surface area contributed by atoms with Crippen LogP contribution in [0, 0.1) is 6.92 Å². The normalized spacial score (nSPS) is 12.4. The molecule has 1 heterocycles. The maximum atomic E-state index is 4.34. The predicted molar refractivity (Wildman–Crippen MR) is 157 cm³/mol. The van der Waals surface area contributed by atoms with Gasteiger partial charge in [-0.3, -0.25) is 0 Å². The van der Waals surface area contributed by atoms with Crippen molar-refractivity contribution in [2.75, 3.05) is 51.1 Å². The van der Waals surface area contributed by atoms with Crippen LogP contribution in [0.25, 0.3) is 0 Å². The Morgan fingerprint density at radius 2 is 1.05 bits per heavy atom. The van der Waals surface area contributed by atoms with E-state index >= 15 is 0 Å². The average Bonchev–Trinajstić information content (AvgIpc) is 3.19. The summed E-state index contributed by atoms with van der Waals surface area (Å²) in [4.78, 5) is 9.00. The van der Waals surface area contributed by atoms with Gasteiger partial charge in [-0.1, -0.05) is 74.5 Å². The van der Waals surface area contributed by atoms with E-state index in [4.69, 9.17) is 0 Å². The van der Waals surface area contributed by atoms with E-state index in [-0.39, 0.29) is 31.9 Å². The van der Waals surface area contributed by atoms with Crippen molar-refractivity contribution in [1.82, 2.24) is 9.80 Å². The molecule has 0 radical (unpaired) electrons. The number of hydrogen-bond acceptors (Lipinski definition) is 4. The van der Waals surface area contributed by atoms with Crippen molar-refractivity contribution in [3.8, 4) is 0 Å². The molecule has 1 fully saturated rings. The van der Waals surface area contributed by atoms with Crippen LogP contribution in [-0.4, -0.2) is 51.1 Å². The van der Waals surface area contributed by atoms with Gasteiger partial charge < -0.3 is 32.0 Å². The van der Waals surface area contributed by atoms with Crippen molar-refractivity contribution in [2.24, 2.45) is 0 Å². The van der Waals surface area contributed by atoms with Crippen molar-refractivity contribution in [3.63, 3.8) is 0 Å². The van der Waals surface area contributed by atoms with Crippen molar-refractivity contribution in [2.45, 2.75) is 39.8 Å². The Kier molecular flexibility index (Phi) is 14.0. The summed E-state index contributed by atoms with van der Waals surface area (Å²) in [6, 6.07) is 26.3. The molecule has 0 spiro atoms. The molecule has 0 N–H and O–H groups in total. The average molecular weight is 621 g/mol. The molecule has 3 aromatic carbocycles. The summed E-state index contributed by atoms with van der Waals surface area (Å²) in [7, 11) is 8.28. The van der Waals surface area contributed by atoms with E-state index in [1.807, 2.05) is 0 Å².